The Balaban J connectivity index is 1.25. The topological polar surface area (TPSA) is 56.3 Å². The molecule has 188 valence electrons. The molecule has 6 heteroatoms. The van der Waals surface area contributed by atoms with Crippen LogP contribution in [0, 0.1) is 11.3 Å². The first-order valence-corrected chi connectivity index (χ1v) is 14.4. The number of benzene rings is 1. The van der Waals surface area contributed by atoms with Gasteiger partial charge in [0.15, 0.2) is 11.5 Å². The molecule has 1 aromatic carbocycles. The van der Waals surface area contributed by atoms with Crippen LogP contribution in [0.3, 0.4) is 0 Å². The number of likely N-dealkylation sites (tertiary alicyclic amines) is 2. The van der Waals surface area contributed by atoms with Crippen LogP contribution in [0.5, 0.6) is 11.5 Å². The van der Waals surface area contributed by atoms with E-state index >= 15 is 0 Å². The molecular weight excluding hydrogens is 438 g/mol. The van der Waals surface area contributed by atoms with E-state index in [-0.39, 0.29) is 29.0 Å². The number of hydrogen-bond acceptors (Lipinski definition) is 4. The molecule has 9 rings (SSSR count). The SMILES string of the molecule is O=C(N1CCCCCC1)N1CC[C@@]23CC[C@@H]1[C@@H]1Oc4c(O)ccc5c4[C@@]12CCN(CC1CC1)[C@H]3C5. The number of fused-ring (bicyclic) bond motifs is 3. The van der Waals surface area contributed by atoms with Crippen LogP contribution in [-0.2, 0) is 11.8 Å². The highest BCUT2D eigenvalue weighted by atomic mass is 16.5. The molecule has 5 atom stereocenters. The molecule has 5 aliphatic heterocycles. The van der Waals surface area contributed by atoms with E-state index in [0.29, 0.717) is 11.8 Å². The van der Waals surface area contributed by atoms with Crippen LogP contribution in [0.2, 0.25) is 0 Å². The van der Waals surface area contributed by atoms with Crippen LogP contribution in [0.1, 0.15) is 75.3 Å². The summed E-state index contributed by atoms with van der Waals surface area (Å²) in [5, 5.41) is 10.9. The first-order valence-electron chi connectivity index (χ1n) is 14.4. The van der Waals surface area contributed by atoms with Crippen molar-refractivity contribution in [2.45, 2.75) is 94.2 Å². The van der Waals surface area contributed by atoms with Crippen LogP contribution >= 0.6 is 0 Å². The van der Waals surface area contributed by atoms with Crippen molar-refractivity contribution in [2.75, 3.05) is 32.7 Å². The van der Waals surface area contributed by atoms with Crippen molar-refractivity contribution in [3.05, 3.63) is 23.3 Å². The Hall–Kier alpha value is -1.95. The van der Waals surface area contributed by atoms with Crippen LogP contribution in [0.4, 0.5) is 4.79 Å². The van der Waals surface area contributed by atoms with Gasteiger partial charge in [0.2, 0.25) is 0 Å². The molecule has 0 radical (unpaired) electrons. The van der Waals surface area contributed by atoms with E-state index in [1.54, 1.807) is 0 Å². The summed E-state index contributed by atoms with van der Waals surface area (Å²) in [6, 6.07) is 4.92. The molecule has 35 heavy (non-hydrogen) atoms. The molecule has 2 amide bonds. The van der Waals surface area contributed by atoms with Gasteiger partial charge >= 0.3 is 6.03 Å². The zero-order chi connectivity index (χ0) is 23.4. The molecule has 6 fully saturated rings. The lowest BCUT2D eigenvalue weighted by molar-refractivity contribution is -0.129. The predicted octanol–water partition coefficient (Wildman–Crippen LogP) is 4.28. The Morgan fingerprint density at radius 2 is 1.83 bits per heavy atom. The van der Waals surface area contributed by atoms with Crippen LogP contribution < -0.4 is 4.74 Å². The number of nitrogens with zero attached hydrogens (tertiary/aromatic N) is 3. The number of carbonyl (C=O) groups excluding carboxylic acids is 1. The standard InChI is InChI=1S/C29H39N3O3/c33-22-8-7-20-17-23-28-10-9-21(32(16-11-28)27(34)30-13-3-1-2-4-14-30)26-29(28,24(20)25(22)35-26)12-15-31(23)18-19-5-6-19/h7-8,19,21,23,26,33H,1-6,9-18H2/t21-,23+,26+,28-,29+/m1/s1. The first-order chi connectivity index (χ1) is 17.1. The maximum atomic E-state index is 14.0. The molecule has 8 aliphatic rings. The maximum absolute atomic E-state index is 14.0. The molecule has 2 saturated carbocycles. The normalized spacial score (nSPS) is 39.6. The average molecular weight is 478 g/mol. The minimum atomic E-state index is -0.0594. The molecule has 3 aliphatic carbocycles. The third-order valence-electron chi connectivity index (χ3n) is 11.3. The van der Waals surface area contributed by atoms with Gasteiger partial charge in [-0.3, -0.25) is 4.90 Å². The van der Waals surface area contributed by atoms with Crippen molar-refractivity contribution >= 4 is 6.03 Å². The van der Waals surface area contributed by atoms with E-state index in [1.165, 1.54) is 49.8 Å². The van der Waals surface area contributed by atoms with Gasteiger partial charge in [-0.15, -0.1) is 0 Å². The average Bonchev–Trinajstić information content (AvgIpc) is 3.68. The fourth-order valence-electron chi connectivity index (χ4n) is 9.67. The predicted molar refractivity (Wildman–Crippen MR) is 133 cm³/mol. The van der Waals surface area contributed by atoms with Gasteiger partial charge in [0.25, 0.3) is 0 Å². The van der Waals surface area contributed by atoms with Crippen molar-refractivity contribution in [1.29, 1.82) is 0 Å². The minimum Gasteiger partial charge on any atom is -0.504 e. The molecule has 2 spiro atoms. The van der Waals surface area contributed by atoms with E-state index < -0.39 is 0 Å². The van der Waals surface area contributed by atoms with Crippen LogP contribution in [0.25, 0.3) is 0 Å². The summed E-state index contributed by atoms with van der Waals surface area (Å²) in [4.78, 5) is 21.2. The Kier molecular flexibility index (Phi) is 4.42. The van der Waals surface area contributed by atoms with E-state index in [0.717, 1.165) is 76.4 Å². The summed E-state index contributed by atoms with van der Waals surface area (Å²) < 4.78 is 6.86. The maximum Gasteiger partial charge on any atom is 0.320 e. The first kappa shape index (κ1) is 21.2. The second-order valence-electron chi connectivity index (χ2n) is 12.8. The number of piperidine rings is 1. The second-order valence-corrected chi connectivity index (χ2v) is 12.8. The highest BCUT2D eigenvalue weighted by Crippen LogP contribution is 2.71. The summed E-state index contributed by atoms with van der Waals surface area (Å²) in [6.45, 7) is 5.02. The van der Waals surface area contributed by atoms with Crippen LogP contribution in [0.15, 0.2) is 12.1 Å². The van der Waals surface area contributed by atoms with Crippen LogP contribution in [-0.4, -0.2) is 76.7 Å². The Labute approximate surface area is 208 Å². The quantitative estimate of drug-likeness (QED) is 0.691. The lowest BCUT2D eigenvalue weighted by atomic mass is 9.42. The largest absolute Gasteiger partial charge is 0.504 e. The summed E-state index contributed by atoms with van der Waals surface area (Å²) >= 11 is 0. The summed E-state index contributed by atoms with van der Waals surface area (Å²) in [7, 11) is 0. The Bertz CT molecular complexity index is 1060. The highest BCUT2D eigenvalue weighted by molar-refractivity contribution is 5.76. The van der Waals surface area contributed by atoms with Crippen molar-refractivity contribution in [1.82, 2.24) is 14.7 Å². The van der Waals surface area contributed by atoms with Gasteiger partial charge in [0, 0.05) is 48.6 Å². The van der Waals surface area contributed by atoms with Gasteiger partial charge in [-0.25, -0.2) is 4.79 Å². The van der Waals surface area contributed by atoms with Gasteiger partial charge in [-0.1, -0.05) is 18.9 Å². The fourth-order valence-corrected chi connectivity index (χ4v) is 9.67. The number of hydrogen-bond donors (Lipinski definition) is 1. The zero-order valence-electron chi connectivity index (χ0n) is 20.9. The fraction of sp³-hybridized carbons (Fsp3) is 0.759. The van der Waals surface area contributed by atoms with Gasteiger partial charge in [0.05, 0.1) is 6.04 Å². The van der Waals surface area contributed by atoms with E-state index in [1.807, 2.05) is 6.07 Å². The lowest BCUT2D eigenvalue weighted by Gasteiger charge is -2.66. The number of phenols is 1. The van der Waals surface area contributed by atoms with Crippen molar-refractivity contribution in [3.63, 3.8) is 0 Å². The number of carbonyl (C=O) groups is 1. The Morgan fingerprint density at radius 1 is 1.00 bits per heavy atom. The third-order valence-corrected chi connectivity index (χ3v) is 11.3. The molecule has 4 bridgehead atoms. The zero-order valence-corrected chi connectivity index (χ0v) is 20.9. The molecule has 1 N–H and O–H groups in total. The molecule has 5 heterocycles. The summed E-state index contributed by atoms with van der Waals surface area (Å²) in [6.07, 6.45) is 12.9. The summed E-state index contributed by atoms with van der Waals surface area (Å²) in [5.74, 6) is 1.93. The smallest absolute Gasteiger partial charge is 0.320 e. The van der Waals surface area contributed by atoms with E-state index in [9.17, 15) is 9.90 Å². The van der Waals surface area contributed by atoms with E-state index in [2.05, 4.69) is 20.8 Å². The molecular formula is C29H39N3O3. The third kappa shape index (κ3) is 2.67. The Morgan fingerprint density at radius 3 is 2.63 bits per heavy atom. The number of ether oxygens (including phenoxy) is 1. The second kappa shape index (κ2) is 7.30. The molecule has 1 aromatic rings. The monoisotopic (exact) mass is 477 g/mol. The lowest BCUT2D eigenvalue weighted by Crippen LogP contribution is -2.73. The summed E-state index contributed by atoms with van der Waals surface area (Å²) in [5.41, 5.74) is 2.81. The number of rotatable bonds is 2. The van der Waals surface area contributed by atoms with Crippen molar-refractivity contribution < 1.29 is 14.6 Å². The molecule has 4 saturated heterocycles. The molecule has 0 aromatic heterocycles. The van der Waals surface area contributed by atoms with Gasteiger partial charge < -0.3 is 19.6 Å². The van der Waals surface area contributed by atoms with Gasteiger partial charge in [0.1, 0.15) is 6.10 Å². The molecule has 0 unspecified atom stereocenters. The van der Waals surface area contributed by atoms with E-state index in [4.69, 9.17) is 4.74 Å². The minimum absolute atomic E-state index is 0.0254. The number of urea groups is 1. The van der Waals surface area contributed by atoms with Gasteiger partial charge in [-0.05, 0) is 81.9 Å². The van der Waals surface area contributed by atoms with Crippen molar-refractivity contribution in [3.8, 4) is 11.5 Å². The number of aromatic hydroxyl groups is 1. The molecule has 6 nitrogen and oxygen atoms in total. The van der Waals surface area contributed by atoms with Gasteiger partial charge in [-0.2, -0.15) is 0 Å². The van der Waals surface area contributed by atoms with Crippen molar-refractivity contribution in [2.24, 2.45) is 11.3 Å². The highest BCUT2D eigenvalue weighted by Gasteiger charge is 2.74. The number of amides is 2. The number of phenolic OH excluding ortho intramolecular Hbond substituents is 1.